The van der Waals surface area contributed by atoms with E-state index >= 15 is 0 Å². The highest BCUT2D eigenvalue weighted by atomic mass is 16.7. The van der Waals surface area contributed by atoms with Gasteiger partial charge in [-0.2, -0.15) is 0 Å². The lowest BCUT2D eigenvalue weighted by Crippen LogP contribution is -2.58. The van der Waals surface area contributed by atoms with Gasteiger partial charge in [-0.25, -0.2) is 0 Å². The van der Waals surface area contributed by atoms with Crippen molar-refractivity contribution in [2.24, 2.45) is 35.0 Å². The van der Waals surface area contributed by atoms with Gasteiger partial charge in [-0.1, -0.05) is 95.2 Å². The minimum absolute atomic E-state index is 0.0317. The van der Waals surface area contributed by atoms with Crippen LogP contribution in [0.2, 0.25) is 0 Å². The number of hydrogen-bond donors (Lipinski definition) is 4. The first-order chi connectivity index (χ1) is 39.1. The molecule has 23 unspecified atom stereocenters. The smallest absolute Gasteiger partial charge is 0.316 e. The third-order valence-electron chi connectivity index (χ3n) is 20.4. The molecule has 0 aromatic heterocycles. The second-order valence-electron chi connectivity index (χ2n) is 25.8. The fourth-order valence-corrected chi connectivity index (χ4v) is 15.3. The number of rotatable bonds is 8. The van der Waals surface area contributed by atoms with Crippen LogP contribution in [-0.4, -0.2) is 150 Å². The number of phenolic OH excluding ortho intramolecular Hbond substituents is 1. The Morgan fingerprint density at radius 2 is 1.61 bits per heavy atom. The van der Waals surface area contributed by atoms with Gasteiger partial charge in [0.1, 0.15) is 53.6 Å². The number of benzene rings is 1. The van der Waals surface area contributed by atoms with Crippen LogP contribution in [0.1, 0.15) is 144 Å². The van der Waals surface area contributed by atoms with Crippen molar-refractivity contribution in [2.75, 3.05) is 20.8 Å². The number of aromatic hydroxyl groups is 1. The Hall–Kier alpha value is -3.88. The molecule has 4 N–H and O–H groups in total. The molecule has 0 amide bonds. The molecule has 0 radical (unpaired) electrons. The van der Waals surface area contributed by atoms with Crippen molar-refractivity contribution in [2.45, 2.75) is 236 Å². The molecule has 1 spiro atoms. The number of hydrogen-bond acceptors (Lipinski definition) is 16. The molecule has 1 aromatic carbocycles. The van der Waals surface area contributed by atoms with E-state index < -0.39 is 90.8 Å². The fourth-order valence-electron chi connectivity index (χ4n) is 15.3. The summed E-state index contributed by atoms with van der Waals surface area (Å²) in [4.78, 5) is 26.6. The number of allylic oxidation sites excluding steroid dienone is 4. The topological polar surface area (TPSA) is 207 Å². The lowest BCUT2D eigenvalue weighted by Gasteiger charge is -2.48. The predicted molar refractivity (Wildman–Crippen MR) is 305 cm³/mol. The number of carbonyl (C=O) groups excluding carboxylic acids is 2. The van der Waals surface area contributed by atoms with Gasteiger partial charge in [-0.05, 0) is 118 Å². The van der Waals surface area contributed by atoms with Crippen LogP contribution < -0.4 is 0 Å². The molecule has 16 nitrogen and oxygen atoms in total. The minimum Gasteiger partial charge on any atom is -0.508 e. The number of esters is 1. The molecule has 10 aliphatic rings. The molecule has 23 atom stereocenters. The molecule has 82 heavy (non-hydrogen) atoms. The summed E-state index contributed by atoms with van der Waals surface area (Å²) in [6.07, 6.45) is 15.7. The van der Waals surface area contributed by atoms with Gasteiger partial charge < -0.3 is 67.8 Å². The first-order valence-corrected chi connectivity index (χ1v) is 30.5. The summed E-state index contributed by atoms with van der Waals surface area (Å²) in [7, 11) is 3.22. The van der Waals surface area contributed by atoms with Crippen molar-refractivity contribution in [1.82, 2.24) is 0 Å². The van der Waals surface area contributed by atoms with Crippen molar-refractivity contribution in [1.29, 1.82) is 0 Å². The maximum absolute atomic E-state index is 14.3. The summed E-state index contributed by atoms with van der Waals surface area (Å²) in [6.45, 7) is 18.3. The summed E-state index contributed by atoms with van der Waals surface area (Å²) in [5, 5.41) is 43.9. The highest BCUT2D eigenvalue weighted by Crippen LogP contribution is 2.58. The molecule has 4 saturated heterocycles. The summed E-state index contributed by atoms with van der Waals surface area (Å²) >= 11 is 0. The average Bonchev–Trinajstić information content (AvgIpc) is 3.93. The van der Waals surface area contributed by atoms with Gasteiger partial charge in [0.2, 0.25) is 0 Å². The molecule has 4 aliphatic carbocycles. The number of methoxy groups -OCH3 is 2. The summed E-state index contributed by atoms with van der Waals surface area (Å²) in [5.74, 6) is -0.805. The van der Waals surface area contributed by atoms with E-state index in [0.717, 1.165) is 44.1 Å². The Labute approximate surface area is 485 Å². The minimum atomic E-state index is -1.84. The number of fused-ring (bicyclic) bond motifs is 7. The van der Waals surface area contributed by atoms with Crippen LogP contribution in [0.15, 0.2) is 89.1 Å². The number of phenols is 1. The summed E-state index contributed by atoms with van der Waals surface area (Å²) < 4.78 is 63.7. The molecule has 6 aliphatic heterocycles. The average molecular weight is 1140 g/mol. The Morgan fingerprint density at radius 1 is 0.866 bits per heavy atom. The van der Waals surface area contributed by atoms with E-state index in [2.05, 4.69) is 58.9 Å². The summed E-state index contributed by atoms with van der Waals surface area (Å²) in [5.41, 5.74) is 4.17. The zero-order valence-electron chi connectivity index (χ0n) is 50.1. The highest BCUT2D eigenvalue weighted by Gasteiger charge is 2.60. The van der Waals surface area contributed by atoms with E-state index in [4.69, 9.17) is 47.4 Å². The lowest BCUT2D eigenvalue weighted by atomic mass is 9.60. The second-order valence-corrected chi connectivity index (χ2v) is 25.8. The van der Waals surface area contributed by atoms with E-state index in [9.17, 15) is 30.0 Å². The molecule has 2 bridgehead atoms. The van der Waals surface area contributed by atoms with Crippen molar-refractivity contribution in [3.63, 3.8) is 0 Å². The third kappa shape index (κ3) is 11.9. The quantitative estimate of drug-likeness (QED) is 0.141. The van der Waals surface area contributed by atoms with Gasteiger partial charge in [0.15, 0.2) is 18.4 Å². The monoisotopic (exact) mass is 1140 g/mol. The first kappa shape index (κ1) is 61.2. The molecular formula is C66H92O16. The fraction of sp³-hybridized carbons (Fsp3) is 0.697. The van der Waals surface area contributed by atoms with Crippen molar-refractivity contribution < 1.29 is 77.4 Å². The van der Waals surface area contributed by atoms with Crippen LogP contribution in [0.3, 0.4) is 0 Å². The molecule has 6 heterocycles. The Balaban J connectivity index is 0.000000312. The standard InChI is InChI=1S/C48H72O14.C18H20O2/c1-11-25(2)43-28(5)17-18-47(62-43)23-34-20-33(61-47)16-15-27(4)42(26(3)13-12-14-32-24-55-45-40(49)29(6)19-35(46(51)58-34)48(32,45)52)59-39-22-37(54-10)44(31(8)57-39)60-38-21-36(53-9)41(50)30(7)56-38;1-18-9-8-14-13-5-3-12(19)10-11(13)2-4-15(14)16(18)6-7-17(18)20/h12-15,17-19,25-26,28,30-31,33-45,49-50,52H,11,16,20-24H2,1-10H3;3-5,10,14,16,19H,2,6-9H2,1H3. The van der Waals surface area contributed by atoms with Gasteiger partial charge in [0.25, 0.3) is 0 Å². The number of carbonyl (C=O) groups is 2. The normalized spacial score (nSPS) is 44.0. The Kier molecular flexibility index (Phi) is 18.5. The zero-order chi connectivity index (χ0) is 58.6. The molecular weight excluding hydrogens is 1050 g/mol. The molecule has 6 fully saturated rings. The molecule has 452 valence electrons. The van der Waals surface area contributed by atoms with E-state index in [1.165, 1.54) is 16.7 Å². The molecule has 1 aromatic rings. The predicted octanol–water partition coefficient (Wildman–Crippen LogP) is 9.11. The van der Waals surface area contributed by atoms with Crippen LogP contribution in [0.5, 0.6) is 5.75 Å². The lowest BCUT2D eigenvalue weighted by molar-refractivity contribution is -0.318. The Bertz CT molecular complexity index is 2680. The zero-order valence-corrected chi connectivity index (χ0v) is 50.1. The highest BCUT2D eigenvalue weighted by molar-refractivity contribution is 5.88. The maximum Gasteiger partial charge on any atom is 0.316 e. The van der Waals surface area contributed by atoms with Gasteiger partial charge in [0, 0.05) is 69.5 Å². The molecule has 2 saturated carbocycles. The van der Waals surface area contributed by atoms with Crippen molar-refractivity contribution in [3.05, 3.63) is 100 Å². The SMILES string of the molecule is CC12CCC3C(=CCc4cc(O)ccc43)C1CCC2=O.CCC(C)C1OC2(C=CC1C)CC1CC(CC=C(C)C(OC3CC(OC)C(OC4CC(OC)C(O)C(C)O4)C(C)O3)C(C)C=CC=C3COC4C(O)C(C)=CC(C(=O)O1)C34O)O2. The molecule has 16 heteroatoms. The van der Waals surface area contributed by atoms with Crippen LogP contribution >= 0.6 is 0 Å². The molecule has 11 rings (SSSR count). The number of ether oxygens (including phenoxy) is 10. The number of ketones is 1. The van der Waals surface area contributed by atoms with Crippen LogP contribution in [0.4, 0.5) is 0 Å². The summed E-state index contributed by atoms with van der Waals surface area (Å²) in [6, 6.07) is 5.79. The van der Waals surface area contributed by atoms with E-state index in [0.29, 0.717) is 66.6 Å². The van der Waals surface area contributed by atoms with Crippen LogP contribution in [0.25, 0.3) is 0 Å². The maximum atomic E-state index is 14.3. The van der Waals surface area contributed by atoms with E-state index in [1.807, 2.05) is 38.1 Å². The van der Waals surface area contributed by atoms with E-state index in [1.54, 1.807) is 46.3 Å². The number of Topliss-reactive ketones (excluding diaryl/α,β-unsaturated/α-hetero) is 1. The van der Waals surface area contributed by atoms with Crippen molar-refractivity contribution in [3.8, 4) is 5.75 Å². The Morgan fingerprint density at radius 3 is 2.37 bits per heavy atom. The largest absolute Gasteiger partial charge is 0.508 e. The van der Waals surface area contributed by atoms with E-state index in [-0.39, 0.29) is 48.1 Å². The van der Waals surface area contributed by atoms with Crippen LogP contribution in [-0.2, 0) is 63.4 Å². The van der Waals surface area contributed by atoms with Crippen molar-refractivity contribution >= 4 is 11.8 Å². The van der Waals surface area contributed by atoms with Gasteiger partial charge >= 0.3 is 5.97 Å². The number of aliphatic hydroxyl groups is 3. The van der Waals surface area contributed by atoms with Gasteiger partial charge in [0.05, 0.1) is 49.3 Å². The van der Waals surface area contributed by atoms with Crippen LogP contribution in [0, 0.1) is 35.0 Å². The third-order valence-corrected chi connectivity index (χ3v) is 20.4. The van der Waals surface area contributed by atoms with Gasteiger partial charge in [-0.15, -0.1) is 0 Å². The second kappa shape index (κ2) is 24.8. The van der Waals surface area contributed by atoms with Gasteiger partial charge in [-0.3, -0.25) is 9.59 Å². The first-order valence-electron chi connectivity index (χ1n) is 30.5. The number of aliphatic hydroxyl groups excluding tert-OH is 2.